The molecule has 2 aliphatic rings. The van der Waals surface area contributed by atoms with E-state index in [1.807, 2.05) is 6.08 Å². The summed E-state index contributed by atoms with van der Waals surface area (Å²) < 4.78 is 0. The lowest BCUT2D eigenvalue weighted by molar-refractivity contribution is -0.113. The number of amidine groups is 1. The Hall–Kier alpha value is -1.75. The molecule has 1 aromatic rings. The van der Waals surface area contributed by atoms with Crippen molar-refractivity contribution in [2.45, 2.75) is 32.2 Å². The van der Waals surface area contributed by atoms with E-state index < -0.39 is 0 Å². The maximum Gasteiger partial charge on any atom is 0.286 e. The van der Waals surface area contributed by atoms with Crippen LogP contribution >= 0.6 is 11.8 Å². The third-order valence-corrected chi connectivity index (χ3v) is 4.87. The summed E-state index contributed by atoms with van der Waals surface area (Å²) in [5.74, 6) is 0.0579. The minimum Gasteiger partial charge on any atom is -0.508 e. The quantitative estimate of drug-likeness (QED) is 0.809. The number of benzene rings is 1. The SMILES string of the molecule is C[C@H]1CCCCN1C1=NC(=O)/C(=C\c2ccc(O)cc2)S1. The Morgan fingerprint density at radius 1 is 1.33 bits per heavy atom. The van der Waals surface area contributed by atoms with E-state index in [9.17, 15) is 9.90 Å². The van der Waals surface area contributed by atoms with Gasteiger partial charge in [0.25, 0.3) is 5.91 Å². The Morgan fingerprint density at radius 2 is 2.10 bits per heavy atom. The van der Waals surface area contributed by atoms with Gasteiger partial charge in [-0.25, -0.2) is 0 Å². The Balaban J connectivity index is 1.76. The summed E-state index contributed by atoms with van der Waals surface area (Å²) >= 11 is 1.45. The van der Waals surface area contributed by atoms with Gasteiger partial charge in [-0.2, -0.15) is 4.99 Å². The van der Waals surface area contributed by atoms with Crippen LogP contribution in [0.1, 0.15) is 31.7 Å². The zero-order valence-electron chi connectivity index (χ0n) is 12.0. The molecule has 0 aliphatic carbocycles. The van der Waals surface area contributed by atoms with Crippen LogP contribution in [0.3, 0.4) is 0 Å². The van der Waals surface area contributed by atoms with Gasteiger partial charge in [-0.05, 0) is 61.7 Å². The van der Waals surface area contributed by atoms with E-state index in [-0.39, 0.29) is 11.7 Å². The van der Waals surface area contributed by atoms with Crippen LogP contribution in [0.25, 0.3) is 6.08 Å². The van der Waals surface area contributed by atoms with Crippen molar-refractivity contribution in [2.24, 2.45) is 4.99 Å². The molecule has 3 rings (SSSR count). The first-order valence-corrected chi connectivity index (χ1v) is 8.03. The number of nitrogens with zero attached hydrogens (tertiary/aromatic N) is 2. The molecule has 0 saturated carbocycles. The molecule has 1 atom stereocenters. The third kappa shape index (κ3) is 3.13. The lowest BCUT2D eigenvalue weighted by Crippen LogP contribution is -2.40. The van der Waals surface area contributed by atoms with Crippen molar-refractivity contribution >= 4 is 28.9 Å². The number of piperidine rings is 1. The molecular weight excluding hydrogens is 284 g/mol. The lowest BCUT2D eigenvalue weighted by atomic mass is 10.1. The van der Waals surface area contributed by atoms with Gasteiger partial charge in [0.2, 0.25) is 0 Å². The molecule has 1 saturated heterocycles. The fourth-order valence-corrected chi connectivity index (χ4v) is 3.67. The van der Waals surface area contributed by atoms with Crippen molar-refractivity contribution < 1.29 is 9.90 Å². The van der Waals surface area contributed by atoms with Crippen molar-refractivity contribution in [1.82, 2.24) is 4.90 Å². The fourth-order valence-electron chi connectivity index (χ4n) is 2.63. The largest absolute Gasteiger partial charge is 0.508 e. The molecule has 4 nitrogen and oxygen atoms in total. The predicted octanol–water partition coefficient (Wildman–Crippen LogP) is 3.24. The average molecular weight is 302 g/mol. The highest BCUT2D eigenvalue weighted by Gasteiger charge is 2.29. The number of likely N-dealkylation sites (tertiary alicyclic amines) is 1. The second kappa shape index (κ2) is 5.93. The van der Waals surface area contributed by atoms with E-state index in [0.29, 0.717) is 10.9 Å². The summed E-state index contributed by atoms with van der Waals surface area (Å²) in [5.41, 5.74) is 0.895. The number of hydrogen-bond donors (Lipinski definition) is 1. The second-order valence-corrected chi connectivity index (χ2v) is 6.45. The van der Waals surface area contributed by atoms with Gasteiger partial charge >= 0.3 is 0 Å². The summed E-state index contributed by atoms with van der Waals surface area (Å²) in [4.78, 5) is 19.1. The van der Waals surface area contributed by atoms with Crippen molar-refractivity contribution in [3.63, 3.8) is 0 Å². The number of aliphatic imine (C=N–C) groups is 1. The van der Waals surface area contributed by atoms with E-state index in [2.05, 4.69) is 16.8 Å². The van der Waals surface area contributed by atoms with Crippen molar-refractivity contribution in [1.29, 1.82) is 0 Å². The molecule has 0 spiro atoms. The number of thioether (sulfide) groups is 1. The zero-order valence-corrected chi connectivity index (χ0v) is 12.8. The molecule has 0 radical (unpaired) electrons. The maximum atomic E-state index is 12.1. The molecule has 1 N–H and O–H groups in total. The first-order chi connectivity index (χ1) is 10.1. The summed E-state index contributed by atoms with van der Waals surface area (Å²) in [7, 11) is 0. The number of carbonyl (C=O) groups is 1. The second-order valence-electron chi connectivity index (χ2n) is 5.44. The molecule has 1 amide bonds. The standard InChI is InChI=1S/C16H18N2O2S/c1-11-4-2-3-9-18(11)16-17-15(20)14(21-16)10-12-5-7-13(19)8-6-12/h5-8,10-11,19H,2-4,9H2,1H3/b14-10+/t11-/m0/s1. The number of phenolic OH excluding ortho intramolecular Hbond substituents is 1. The number of rotatable bonds is 1. The highest BCUT2D eigenvalue weighted by molar-refractivity contribution is 8.18. The monoisotopic (exact) mass is 302 g/mol. The van der Waals surface area contributed by atoms with Crippen molar-refractivity contribution in [2.75, 3.05) is 6.54 Å². The molecule has 0 bridgehead atoms. The lowest BCUT2D eigenvalue weighted by Gasteiger charge is -2.34. The first kappa shape index (κ1) is 14.2. The van der Waals surface area contributed by atoms with Gasteiger partial charge in [0.15, 0.2) is 5.17 Å². The Morgan fingerprint density at radius 3 is 2.81 bits per heavy atom. The summed E-state index contributed by atoms with van der Waals surface area (Å²) in [6, 6.07) is 7.26. The van der Waals surface area contributed by atoms with E-state index in [1.165, 1.54) is 18.2 Å². The van der Waals surface area contributed by atoms with Crippen LogP contribution in [0.2, 0.25) is 0 Å². The number of hydrogen-bond acceptors (Lipinski definition) is 4. The van der Waals surface area contributed by atoms with E-state index in [0.717, 1.165) is 30.1 Å². The molecule has 0 unspecified atom stereocenters. The maximum absolute atomic E-state index is 12.1. The van der Waals surface area contributed by atoms with Crippen LogP contribution in [0.15, 0.2) is 34.2 Å². The summed E-state index contributed by atoms with van der Waals surface area (Å²) in [6.07, 6.45) is 5.40. The molecule has 5 heteroatoms. The Bertz CT molecular complexity index is 607. The van der Waals surface area contributed by atoms with Gasteiger partial charge in [0.1, 0.15) is 5.75 Å². The van der Waals surface area contributed by atoms with Gasteiger partial charge < -0.3 is 10.0 Å². The minimum absolute atomic E-state index is 0.166. The van der Waals surface area contributed by atoms with Gasteiger partial charge in [0.05, 0.1) is 4.91 Å². The highest BCUT2D eigenvalue weighted by Crippen LogP contribution is 2.33. The topological polar surface area (TPSA) is 52.9 Å². The number of carbonyl (C=O) groups excluding carboxylic acids is 1. The number of aromatic hydroxyl groups is 1. The fraction of sp³-hybridized carbons (Fsp3) is 0.375. The number of amides is 1. The van der Waals surface area contributed by atoms with Crippen molar-refractivity contribution in [3.05, 3.63) is 34.7 Å². The summed E-state index contributed by atoms with van der Waals surface area (Å²) in [5, 5.41) is 10.1. The van der Waals surface area contributed by atoms with Crippen LogP contribution in [0.4, 0.5) is 0 Å². The van der Waals surface area contributed by atoms with Crippen LogP contribution in [0, 0.1) is 0 Å². The highest BCUT2D eigenvalue weighted by atomic mass is 32.2. The molecular formula is C16H18N2O2S. The molecule has 1 aromatic carbocycles. The summed E-state index contributed by atoms with van der Waals surface area (Å²) in [6.45, 7) is 3.17. The van der Waals surface area contributed by atoms with Gasteiger partial charge in [0, 0.05) is 12.6 Å². The molecule has 2 heterocycles. The van der Waals surface area contributed by atoms with Crippen LogP contribution in [-0.2, 0) is 4.79 Å². The van der Waals surface area contributed by atoms with E-state index in [1.54, 1.807) is 24.3 Å². The minimum atomic E-state index is -0.166. The Labute approximate surface area is 128 Å². The first-order valence-electron chi connectivity index (χ1n) is 7.22. The number of phenols is 1. The van der Waals surface area contributed by atoms with E-state index in [4.69, 9.17) is 0 Å². The molecule has 0 aromatic heterocycles. The van der Waals surface area contributed by atoms with E-state index >= 15 is 0 Å². The molecule has 1 fully saturated rings. The van der Waals surface area contributed by atoms with Crippen molar-refractivity contribution in [3.8, 4) is 5.75 Å². The van der Waals surface area contributed by atoms with Gasteiger partial charge in [-0.3, -0.25) is 4.79 Å². The predicted molar refractivity (Wildman–Crippen MR) is 86.1 cm³/mol. The zero-order chi connectivity index (χ0) is 14.8. The molecule has 110 valence electrons. The normalized spacial score (nSPS) is 24.5. The third-order valence-electron chi connectivity index (χ3n) is 3.85. The molecule has 21 heavy (non-hydrogen) atoms. The van der Waals surface area contributed by atoms with Crippen LogP contribution < -0.4 is 0 Å². The smallest absolute Gasteiger partial charge is 0.286 e. The Kier molecular flexibility index (Phi) is 4.01. The molecule has 2 aliphatic heterocycles. The average Bonchev–Trinajstić information content (AvgIpc) is 2.83. The van der Waals surface area contributed by atoms with Crippen LogP contribution in [-0.4, -0.2) is 33.7 Å². The van der Waals surface area contributed by atoms with Gasteiger partial charge in [-0.1, -0.05) is 12.1 Å². The van der Waals surface area contributed by atoms with Crippen LogP contribution in [0.5, 0.6) is 5.75 Å². The van der Waals surface area contributed by atoms with Gasteiger partial charge in [-0.15, -0.1) is 0 Å².